The smallest absolute Gasteiger partial charge is 0.0506 e. The first-order valence-electron chi connectivity index (χ1n) is 14.3. The van der Waals surface area contributed by atoms with Crippen molar-refractivity contribution >= 4 is 21.5 Å². The zero-order valence-electron chi connectivity index (χ0n) is 23.4. The average molecular weight is 504 g/mol. The highest BCUT2D eigenvalue weighted by Gasteiger charge is 2.41. The minimum atomic E-state index is -0.504. The summed E-state index contributed by atoms with van der Waals surface area (Å²) < 4.78 is 0. The van der Waals surface area contributed by atoms with Crippen LogP contribution in [0.2, 0.25) is 0 Å². The van der Waals surface area contributed by atoms with Gasteiger partial charge in [0.2, 0.25) is 0 Å². The molecule has 0 bridgehead atoms. The number of benzene rings is 4. The molecule has 0 aromatic heterocycles. The van der Waals surface area contributed by atoms with Crippen LogP contribution in [0.4, 0.5) is 0 Å². The molecule has 0 unspecified atom stereocenters. The molecule has 2 aliphatic rings. The Kier molecular flexibility index (Phi) is 5.25. The summed E-state index contributed by atoms with van der Waals surface area (Å²) in [5.74, 6) is 0. The standard InChI is InChI=1S/C39H35/c1-37(2)23-24-38(3,4)35-26-33-32(25-34(35)37)30-21-13-14-22-31(30)36(33)39(29-19-11-12-20-29,27-15-7-5-8-16-27)28-17-9-6-10-18-28/h5-19,21-22,25-26H,23-24H2,1-4H3/q-1. The van der Waals surface area contributed by atoms with Gasteiger partial charge in [0.25, 0.3) is 0 Å². The summed E-state index contributed by atoms with van der Waals surface area (Å²) in [5, 5.41) is 5.40. The Morgan fingerprint density at radius 2 is 1.21 bits per heavy atom. The Labute approximate surface area is 232 Å². The molecule has 0 fully saturated rings. The van der Waals surface area contributed by atoms with Crippen molar-refractivity contribution in [3.05, 3.63) is 154 Å². The fraction of sp³-hybridized carbons (Fsp3) is 0.231. The lowest BCUT2D eigenvalue weighted by atomic mass is 9.61. The summed E-state index contributed by atoms with van der Waals surface area (Å²) in [7, 11) is 0. The van der Waals surface area contributed by atoms with Crippen LogP contribution in [-0.2, 0) is 16.2 Å². The van der Waals surface area contributed by atoms with E-state index in [1.807, 2.05) is 0 Å². The molecule has 2 aliphatic carbocycles. The highest BCUT2D eigenvalue weighted by atomic mass is 14.5. The number of fused-ring (bicyclic) bond motifs is 4. The van der Waals surface area contributed by atoms with Gasteiger partial charge in [-0.25, -0.2) is 0 Å². The molecular formula is C39H35-. The molecule has 192 valence electrons. The SMILES string of the molecule is CC1(C)CCC(C)(C)c2cc3c(cc21)c1ccccc1[c-]3C(C1=C=CC=C1)(c1ccccc1)c1ccccc1. The van der Waals surface area contributed by atoms with Crippen molar-refractivity contribution in [3.8, 4) is 0 Å². The molecule has 0 N–H and O–H groups in total. The predicted octanol–water partition coefficient (Wildman–Crippen LogP) is 10.0. The third-order valence-corrected chi connectivity index (χ3v) is 9.54. The van der Waals surface area contributed by atoms with Gasteiger partial charge in [0.1, 0.15) is 0 Å². The van der Waals surface area contributed by atoms with Gasteiger partial charge in [-0.1, -0.05) is 135 Å². The van der Waals surface area contributed by atoms with Crippen LogP contribution in [0.15, 0.2) is 127 Å². The van der Waals surface area contributed by atoms with Crippen molar-refractivity contribution in [2.24, 2.45) is 0 Å². The monoisotopic (exact) mass is 503 g/mol. The molecule has 0 aliphatic heterocycles. The van der Waals surface area contributed by atoms with E-state index in [9.17, 15) is 0 Å². The van der Waals surface area contributed by atoms with Gasteiger partial charge in [-0.3, -0.25) is 0 Å². The van der Waals surface area contributed by atoms with Crippen LogP contribution in [0, 0.1) is 0 Å². The summed E-state index contributed by atoms with van der Waals surface area (Å²) in [6, 6.07) is 36.3. The van der Waals surface area contributed by atoms with Crippen LogP contribution < -0.4 is 0 Å². The molecule has 5 aromatic carbocycles. The van der Waals surface area contributed by atoms with E-state index in [1.54, 1.807) is 0 Å². The van der Waals surface area contributed by atoms with E-state index in [0.29, 0.717) is 0 Å². The van der Waals surface area contributed by atoms with Gasteiger partial charge < -0.3 is 0 Å². The average Bonchev–Trinajstić information content (AvgIpc) is 3.61. The van der Waals surface area contributed by atoms with E-state index >= 15 is 0 Å². The van der Waals surface area contributed by atoms with E-state index in [0.717, 1.165) is 0 Å². The Balaban J connectivity index is 1.73. The molecule has 5 aromatic rings. The second kappa shape index (κ2) is 8.51. The second-order valence-electron chi connectivity index (χ2n) is 12.7. The first kappa shape index (κ1) is 24.1. The summed E-state index contributed by atoms with van der Waals surface area (Å²) in [6.45, 7) is 9.72. The maximum absolute atomic E-state index is 3.68. The quantitative estimate of drug-likeness (QED) is 0.169. The third kappa shape index (κ3) is 3.42. The molecule has 0 saturated carbocycles. The van der Waals surface area contributed by atoms with Gasteiger partial charge in [-0.05, 0) is 47.0 Å². The normalized spacial score (nSPS) is 17.5. The Morgan fingerprint density at radius 3 is 1.79 bits per heavy atom. The fourth-order valence-electron chi connectivity index (χ4n) is 7.37. The van der Waals surface area contributed by atoms with Gasteiger partial charge >= 0.3 is 0 Å². The molecule has 7 rings (SSSR count). The lowest BCUT2D eigenvalue weighted by molar-refractivity contribution is 0.332. The Morgan fingerprint density at radius 1 is 0.641 bits per heavy atom. The second-order valence-corrected chi connectivity index (χ2v) is 12.7. The van der Waals surface area contributed by atoms with Crippen LogP contribution >= 0.6 is 0 Å². The van der Waals surface area contributed by atoms with Gasteiger partial charge in [-0.15, -0.1) is 39.4 Å². The van der Waals surface area contributed by atoms with Crippen molar-refractivity contribution < 1.29 is 0 Å². The zero-order valence-corrected chi connectivity index (χ0v) is 23.4. The molecule has 0 heterocycles. The van der Waals surface area contributed by atoms with Crippen molar-refractivity contribution in [2.75, 3.05) is 0 Å². The largest absolute Gasteiger partial charge is 0.119 e. The summed E-state index contributed by atoms with van der Waals surface area (Å²) in [4.78, 5) is 0. The highest BCUT2D eigenvalue weighted by Crippen LogP contribution is 2.55. The van der Waals surface area contributed by atoms with Crippen molar-refractivity contribution in [2.45, 2.75) is 56.8 Å². The first-order valence-corrected chi connectivity index (χ1v) is 14.3. The number of hydrogen-bond acceptors (Lipinski definition) is 0. The van der Waals surface area contributed by atoms with Gasteiger partial charge in [-0.2, -0.15) is 0 Å². The van der Waals surface area contributed by atoms with Gasteiger partial charge in [0, 0.05) is 5.57 Å². The lowest BCUT2D eigenvalue weighted by Crippen LogP contribution is -2.34. The van der Waals surface area contributed by atoms with E-state index in [1.165, 1.54) is 67.8 Å². The molecule has 0 atom stereocenters. The predicted molar refractivity (Wildman–Crippen MR) is 166 cm³/mol. The molecule has 0 saturated heterocycles. The number of allylic oxidation sites excluding steroid dienone is 3. The van der Waals surface area contributed by atoms with Crippen LogP contribution in [0.25, 0.3) is 21.5 Å². The molecule has 39 heavy (non-hydrogen) atoms. The molecule has 0 radical (unpaired) electrons. The Hall–Kier alpha value is -3.99. The zero-order chi connectivity index (χ0) is 26.8. The summed E-state index contributed by atoms with van der Waals surface area (Å²) in [5.41, 5.74) is 11.6. The van der Waals surface area contributed by atoms with Crippen molar-refractivity contribution in [1.29, 1.82) is 0 Å². The summed E-state index contributed by atoms with van der Waals surface area (Å²) in [6.07, 6.45) is 8.88. The first-order chi connectivity index (χ1) is 18.8. The van der Waals surface area contributed by atoms with E-state index in [2.05, 4.69) is 149 Å². The maximum atomic E-state index is 3.68. The molecule has 0 amide bonds. The third-order valence-electron chi connectivity index (χ3n) is 9.54. The van der Waals surface area contributed by atoms with E-state index in [4.69, 9.17) is 0 Å². The Bertz CT molecular complexity index is 1770. The number of hydrogen-bond donors (Lipinski definition) is 0. The van der Waals surface area contributed by atoms with E-state index < -0.39 is 5.41 Å². The number of rotatable bonds is 4. The molecule has 0 heteroatoms. The minimum Gasteiger partial charge on any atom is -0.119 e. The van der Waals surface area contributed by atoms with Crippen LogP contribution in [0.1, 0.15) is 68.4 Å². The summed E-state index contributed by atoms with van der Waals surface area (Å²) >= 11 is 0. The minimum absolute atomic E-state index is 0.133. The lowest BCUT2D eigenvalue weighted by Gasteiger charge is -2.44. The molecule has 0 nitrogen and oxygen atoms in total. The topological polar surface area (TPSA) is 0 Å². The van der Waals surface area contributed by atoms with E-state index in [-0.39, 0.29) is 10.8 Å². The highest BCUT2D eigenvalue weighted by molar-refractivity contribution is 6.17. The molecule has 0 spiro atoms. The van der Waals surface area contributed by atoms with Crippen LogP contribution in [-0.4, -0.2) is 0 Å². The van der Waals surface area contributed by atoms with Crippen LogP contribution in [0.5, 0.6) is 0 Å². The van der Waals surface area contributed by atoms with Crippen LogP contribution in [0.3, 0.4) is 0 Å². The van der Waals surface area contributed by atoms with Gasteiger partial charge in [0.05, 0.1) is 5.41 Å². The molecular weight excluding hydrogens is 468 g/mol. The van der Waals surface area contributed by atoms with Crippen molar-refractivity contribution in [3.63, 3.8) is 0 Å². The maximum Gasteiger partial charge on any atom is 0.0506 e. The van der Waals surface area contributed by atoms with Crippen molar-refractivity contribution in [1.82, 2.24) is 0 Å². The van der Waals surface area contributed by atoms with Gasteiger partial charge in [0.15, 0.2) is 0 Å². The fourth-order valence-corrected chi connectivity index (χ4v) is 7.37.